The lowest BCUT2D eigenvalue weighted by Crippen LogP contribution is -2.13. The molecule has 0 aliphatic rings. The van der Waals surface area contributed by atoms with E-state index in [1.807, 2.05) is 0 Å². The quantitative estimate of drug-likeness (QED) is 0.886. The fraction of sp³-hybridized carbons (Fsp3) is 0.167. The Labute approximate surface area is 115 Å². The van der Waals surface area contributed by atoms with Crippen LogP contribution in [0.1, 0.15) is 5.56 Å². The van der Waals surface area contributed by atoms with Crippen LogP contribution in [0, 0.1) is 0 Å². The number of ether oxygens (including phenoxy) is 1. The third kappa shape index (κ3) is 3.06. The Kier molecular flexibility index (Phi) is 4.08. The second-order valence-electron chi connectivity index (χ2n) is 3.76. The first-order valence-electron chi connectivity index (χ1n) is 5.39. The van der Waals surface area contributed by atoms with Gasteiger partial charge in [0.05, 0.1) is 19.4 Å². The highest BCUT2D eigenvalue weighted by molar-refractivity contribution is 7.92. The van der Waals surface area contributed by atoms with E-state index in [1.165, 1.54) is 30.6 Å². The second-order valence-corrected chi connectivity index (χ2v) is 6.19. The average Bonchev–Trinajstić information content (AvgIpc) is 2.89. The van der Waals surface area contributed by atoms with Gasteiger partial charge in [-0.2, -0.15) is 11.3 Å². The van der Waals surface area contributed by atoms with Gasteiger partial charge < -0.3 is 9.84 Å². The van der Waals surface area contributed by atoms with Gasteiger partial charge >= 0.3 is 0 Å². The van der Waals surface area contributed by atoms with E-state index < -0.39 is 10.0 Å². The van der Waals surface area contributed by atoms with Gasteiger partial charge in [-0.3, -0.25) is 4.72 Å². The number of hydrogen-bond donors (Lipinski definition) is 2. The molecule has 0 aliphatic carbocycles. The molecule has 0 saturated carbocycles. The largest absolute Gasteiger partial charge is 0.495 e. The lowest BCUT2D eigenvalue weighted by atomic mass is 10.2. The van der Waals surface area contributed by atoms with Crippen LogP contribution >= 0.6 is 11.3 Å². The predicted octanol–water partition coefficient (Wildman–Crippen LogP) is 2.05. The van der Waals surface area contributed by atoms with Crippen LogP contribution in [0.25, 0.3) is 0 Å². The molecule has 1 aromatic carbocycles. The zero-order valence-corrected chi connectivity index (χ0v) is 11.8. The molecule has 5 nitrogen and oxygen atoms in total. The van der Waals surface area contributed by atoms with Gasteiger partial charge in [0.1, 0.15) is 10.6 Å². The van der Waals surface area contributed by atoms with Gasteiger partial charge in [-0.05, 0) is 29.1 Å². The lowest BCUT2D eigenvalue weighted by Gasteiger charge is -2.11. The van der Waals surface area contributed by atoms with Crippen molar-refractivity contribution in [3.63, 3.8) is 0 Å². The molecule has 0 atom stereocenters. The summed E-state index contributed by atoms with van der Waals surface area (Å²) in [5.74, 6) is 0.203. The third-order valence-corrected chi connectivity index (χ3v) is 4.58. The fourth-order valence-corrected chi connectivity index (χ4v) is 3.43. The molecule has 102 valence electrons. The van der Waals surface area contributed by atoms with E-state index in [4.69, 9.17) is 9.84 Å². The van der Waals surface area contributed by atoms with Crippen LogP contribution in [-0.4, -0.2) is 20.6 Å². The molecule has 0 radical (unpaired) electrons. The molecule has 1 aromatic heterocycles. The first-order chi connectivity index (χ1) is 9.06. The average molecular weight is 299 g/mol. The Bertz CT molecular complexity index is 650. The highest BCUT2D eigenvalue weighted by atomic mass is 32.2. The fourth-order valence-electron chi connectivity index (χ4n) is 1.57. The highest BCUT2D eigenvalue weighted by Crippen LogP contribution is 2.27. The summed E-state index contributed by atoms with van der Waals surface area (Å²) >= 11 is 1.40. The predicted molar refractivity (Wildman–Crippen MR) is 74.0 cm³/mol. The number of aliphatic hydroxyl groups is 1. The number of benzene rings is 1. The maximum Gasteiger partial charge on any atom is 0.265 e. The van der Waals surface area contributed by atoms with Crippen molar-refractivity contribution < 1.29 is 18.3 Å². The van der Waals surface area contributed by atoms with Crippen LogP contribution in [0.15, 0.2) is 39.9 Å². The minimum atomic E-state index is -3.70. The number of methoxy groups -OCH3 is 1. The lowest BCUT2D eigenvalue weighted by molar-refractivity contribution is 0.280. The maximum absolute atomic E-state index is 12.2. The van der Waals surface area contributed by atoms with Gasteiger partial charge in [0.15, 0.2) is 0 Å². The van der Waals surface area contributed by atoms with E-state index in [9.17, 15) is 8.42 Å². The van der Waals surface area contributed by atoms with Gasteiger partial charge in [-0.1, -0.05) is 6.07 Å². The third-order valence-electron chi connectivity index (χ3n) is 2.47. The Morgan fingerprint density at radius 1 is 1.37 bits per heavy atom. The van der Waals surface area contributed by atoms with Gasteiger partial charge in [-0.15, -0.1) is 0 Å². The number of hydrogen-bond acceptors (Lipinski definition) is 5. The molecule has 7 heteroatoms. The maximum atomic E-state index is 12.2. The summed E-state index contributed by atoms with van der Waals surface area (Å²) in [4.78, 5) is 0.0402. The normalized spacial score (nSPS) is 11.3. The molecule has 0 saturated heterocycles. The van der Waals surface area contributed by atoms with E-state index in [-0.39, 0.29) is 17.3 Å². The van der Waals surface area contributed by atoms with Crippen molar-refractivity contribution in [2.24, 2.45) is 0 Å². The first-order valence-corrected chi connectivity index (χ1v) is 7.82. The molecule has 19 heavy (non-hydrogen) atoms. The van der Waals surface area contributed by atoms with Gasteiger partial charge in [-0.25, -0.2) is 8.42 Å². The monoisotopic (exact) mass is 299 g/mol. The Morgan fingerprint density at radius 2 is 2.16 bits per heavy atom. The van der Waals surface area contributed by atoms with Gasteiger partial charge in [0.2, 0.25) is 0 Å². The van der Waals surface area contributed by atoms with E-state index in [2.05, 4.69) is 4.72 Å². The molecule has 2 rings (SSSR count). The standard InChI is InChI=1S/C12H13NO4S2/c1-17-11-6-9(7-14)2-3-12(11)19(15,16)13-10-4-5-18-8-10/h2-6,8,13-14H,7H2,1H3. The van der Waals surface area contributed by atoms with Crippen molar-refractivity contribution in [1.82, 2.24) is 0 Å². The molecule has 2 aromatic rings. The minimum absolute atomic E-state index is 0.0402. The van der Waals surface area contributed by atoms with Gasteiger partial charge in [0, 0.05) is 5.38 Å². The summed E-state index contributed by atoms with van der Waals surface area (Å²) in [6, 6.07) is 6.14. The summed E-state index contributed by atoms with van der Waals surface area (Å²) in [5, 5.41) is 12.5. The van der Waals surface area contributed by atoms with Gasteiger partial charge in [0.25, 0.3) is 10.0 Å². The molecule has 2 N–H and O–H groups in total. The number of nitrogens with one attached hydrogen (secondary N) is 1. The van der Waals surface area contributed by atoms with E-state index in [0.29, 0.717) is 11.3 Å². The summed E-state index contributed by atoms with van der Waals surface area (Å²) in [6.07, 6.45) is 0. The molecule has 1 heterocycles. The number of thiophene rings is 1. The Balaban J connectivity index is 2.40. The highest BCUT2D eigenvalue weighted by Gasteiger charge is 2.20. The number of anilines is 1. The van der Waals surface area contributed by atoms with Crippen molar-refractivity contribution in [2.45, 2.75) is 11.5 Å². The van der Waals surface area contributed by atoms with Crippen LogP contribution in [-0.2, 0) is 16.6 Å². The summed E-state index contributed by atoms with van der Waals surface area (Å²) in [5.41, 5.74) is 1.10. The van der Waals surface area contributed by atoms with Crippen LogP contribution in [0.5, 0.6) is 5.75 Å². The van der Waals surface area contributed by atoms with Crippen LogP contribution < -0.4 is 9.46 Å². The first kappa shape index (κ1) is 13.9. The zero-order chi connectivity index (χ0) is 13.9. The Morgan fingerprint density at radius 3 is 2.74 bits per heavy atom. The number of aliphatic hydroxyl groups excluding tert-OH is 1. The molecule has 0 spiro atoms. The van der Waals surface area contributed by atoms with Crippen LogP contribution in [0.4, 0.5) is 5.69 Å². The molecule has 0 fully saturated rings. The molecule has 0 unspecified atom stereocenters. The topological polar surface area (TPSA) is 75.6 Å². The van der Waals surface area contributed by atoms with Crippen molar-refractivity contribution >= 4 is 27.0 Å². The van der Waals surface area contributed by atoms with Crippen molar-refractivity contribution in [3.8, 4) is 5.75 Å². The van der Waals surface area contributed by atoms with Crippen molar-refractivity contribution in [2.75, 3.05) is 11.8 Å². The van der Waals surface area contributed by atoms with Crippen LogP contribution in [0.3, 0.4) is 0 Å². The van der Waals surface area contributed by atoms with Crippen molar-refractivity contribution in [1.29, 1.82) is 0 Å². The van der Waals surface area contributed by atoms with E-state index in [1.54, 1.807) is 22.9 Å². The zero-order valence-electron chi connectivity index (χ0n) is 10.2. The smallest absolute Gasteiger partial charge is 0.265 e. The van der Waals surface area contributed by atoms with Crippen molar-refractivity contribution in [3.05, 3.63) is 40.6 Å². The number of rotatable bonds is 5. The van der Waals surface area contributed by atoms with E-state index >= 15 is 0 Å². The molecule has 0 aliphatic heterocycles. The summed E-state index contributed by atoms with van der Waals surface area (Å²) < 4.78 is 32.0. The molecular formula is C12H13NO4S2. The molecular weight excluding hydrogens is 286 g/mol. The molecule has 0 bridgehead atoms. The molecule has 0 amide bonds. The minimum Gasteiger partial charge on any atom is -0.495 e. The number of sulfonamides is 1. The van der Waals surface area contributed by atoms with E-state index in [0.717, 1.165) is 0 Å². The Hall–Kier alpha value is -1.57. The SMILES string of the molecule is COc1cc(CO)ccc1S(=O)(=O)Nc1ccsc1. The summed E-state index contributed by atoms with van der Waals surface area (Å²) in [7, 11) is -2.31. The van der Waals surface area contributed by atoms with Crippen LogP contribution in [0.2, 0.25) is 0 Å². The second kappa shape index (κ2) is 5.60. The summed E-state index contributed by atoms with van der Waals surface area (Å²) in [6.45, 7) is -0.172.